The predicted molar refractivity (Wildman–Crippen MR) is 85.5 cm³/mol. The van der Waals surface area contributed by atoms with E-state index in [4.69, 9.17) is 11.6 Å². The van der Waals surface area contributed by atoms with Crippen LogP contribution in [0.3, 0.4) is 0 Å². The van der Waals surface area contributed by atoms with Gasteiger partial charge in [-0.1, -0.05) is 23.7 Å². The zero-order valence-electron chi connectivity index (χ0n) is 13.0. The first-order valence-electron chi connectivity index (χ1n) is 7.09. The highest BCUT2D eigenvalue weighted by atomic mass is 35.5. The average molecular weight is 325 g/mol. The van der Waals surface area contributed by atoms with Gasteiger partial charge < -0.3 is 15.4 Å². The zero-order chi connectivity index (χ0) is 16.7. The van der Waals surface area contributed by atoms with Crippen molar-refractivity contribution in [3.8, 4) is 0 Å². The molecule has 0 heterocycles. The minimum Gasteiger partial charge on any atom is -0.356 e. The largest absolute Gasteiger partial charge is 0.356 e. The highest BCUT2D eigenvalue weighted by Crippen LogP contribution is 2.18. The van der Waals surface area contributed by atoms with Gasteiger partial charge in [-0.3, -0.25) is 9.59 Å². The Morgan fingerprint density at radius 1 is 1.23 bits per heavy atom. The molecule has 0 aliphatic rings. The highest BCUT2D eigenvalue weighted by molar-refractivity contribution is 6.30. The molecule has 0 unspecified atom stereocenters. The minimum absolute atomic E-state index is 0.0916. The topological polar surface area (TPSA) is 75.3 Å². The average Bonchev–Trinajstić information content (AvgIpc) is 2.42. The van der Waals surface area contributed by atoms with Crippen molar-refractivity contribution in [2.24, 2.45) is 5.92 Å². The molecule has 120 valence electrons. The Labute approximate surface area is 135 Å². The summed E-state index contributed by atoms with van der Waals surface area (Å²) in [7, 11) is 0. The van der Waals surface area contributed by atoms with Crippen molar-refractivity contribution in [1.82, 2.24) is 10.6 Å². The normalized spacial score (nSPS) is 13.1. The number of amides is 2. The van der Waals surface area contributed by atoms with Gasteiger partial charge in [-0.2, -0.15) is 0 Å². The summed E-state index contributed by atoms with van der Waals surface area (Å²) in [6.45, 7) is 4.78. The van der Waals surface area contributed by atoms with Crippen LogP contribution >= 0.6 is 11.6 Å². The first-order valence-corrected chi connectivity index (χ1v) is 7.47. The molecule has 0 radical (unpaired) electrons. The Bertz CT molecular complexity index is 560. The Morgan fingerprint density at radius 3 is 2.45 bits per heavy atom. The fraction of sp³-hybridized carbons (Fsp3) is 0.438. The van der Waals surface area contributed by atoms with Crippen molar-refractivity contribution in [1.29, 1.82) is 0 Å². The Balaban J connectivity index is 2.72. The maximum atomic E-state index is 12.3. The number of ketones is 1. The molecular formula is C16H21ClN2O3. The van der Waals surface area contributed by atoms with Crippen LogP contribution in [-0.4, -0.2) is 24.1 Å². The number of benzene rings is 1. The molecule has 0 fully saturated rings. The monoisotopic (exact) mass is 324 g/mol. The number of carbonyl (C=O) groups is 3. The number of Topliss-reactive ketones (excluding diaryl/α,β-unsaturated/α-hetero) is 1. The van der Waals surface area contributed by atoms with Gasteiger partial charge in [0.05, 0.1) is 12.0 Å². The number of hydrogen-bond acceptors (Lipinski definition) is 3. The molecule has 1 aromatic rings. The lowest BCUT2D eigenvalue weighted by Crippen LogP contribution is -2.40. The number of nitrogens with one attached hydrogen (secondary N) is 2. The standard InChI is InChI=1S/C16H21ClN2O3/c1-10(20)7-14(9-18-12(3)21)16(22)19-11(2)13-5-4-6-15(17)8-13/h4-6,8,11,14H,7,9H2,1-3H3,(H,18,21)(H,19,22)/t11-,14-/m1/s1. The molecule has 0 saturated heterocycles. The molecular weight excluding hydrogens is 304 g/mol. The zero-order valence-corrected chi connectivity index (χ0v) is 13.7. The molecule has 5 nitrogen and oxygen atoms in total. The third-order valence-electron chi connectivity index (χ3n) is 3.21. The molecule has 2 N–H and O–H groups in total. The molecule has 0 aliphatic heterocycles. The quantitative estimate of drug-likeness (QED) is 0.807. The SMILES string of the molecule is CC(=O)C[C@H](CNC(C)=O)C(=O)N[C@H](C)c1cccc(Cl)c1. The molecule has 1 rings (SSSR count). The lowest BCUT2D eigenvalue weighted by Gasteiger charge is -2.20. The van der Waals surface area contributed by atoms with Crippen molar-refractivity contribution in [2.75, 3.05) is 6.54 Å². The summed E-state index contributed by atoms with van der Waals surface area (Å²) in [4.78, 5) is 34.6. The summed E-state index contributed by atoms with van der Waals surface area (Å²) in [5.41, 5.74) is 0.877. The van der Waals surface area contributed by atoms with Gasteiger partial charge in [0.1, 0.15) is 5.78 Å². The fourth-order valence-electron chi connectivity index (χ4n) is 2.06. The lowest BCUT2D eigenvalue weighted by molar-refractivity contribution is -0.129. The van der Waals surface area contributed by atoms with Crippen molar-refractivity contribution >= 4 is 29.2 Å². The maximum absolute atomic E-state index is 12.3. The third kappa shape index (κ3) is 6.26. The molecule has 22 heavy (non-hydrogen) atoms. The van der Waals surface area contributed by atoms with Gasteiger partial charge in [0.25, 0.3) is 0 Å². The van der Waals surface area contributed by atoms with Gasteiger partial charge in [0, 0.05) is 24.9 Å². The lowest BCUT2D eigenvalue weighted by atomic mass is 10.0. The van der Waals surface area contributed by atoms with Crippen molar-refractivity contribution in [2.45, 2.75) is 33.2 Å². The third-order valence-corrected chi connectivity index (χ3v) is 3.44. The van der Waals surface area contributed by atoms with E-state index >= 15 is 0 Å². The van der Waals surface area contributed by atoms with Crippen LogP contribution in [0, 0.1) is 5.92 Å². The minimum atomic E-state index is -0.581. The summed E-state index contributed by atoms with van der Waals surface area (Å²) in [5.74, 6) is -1.18. The molecule has 2 atom stereocenters. The van der Waals surface area contributed by atoms with E-state index < -0.39 is 5.92 Å². The molecule has 0 bridgehead atoms. The van der Waals surface area contributed by atoms with Crippen LogP contribution in [0.2, 0.25) is 5.02 Å². The molecule has 0 spiro atoms. The van der Waals surface area contributed by atoms with E-state index in [9.17, 15) is 14.4 Å². The second kappa shape index (κ2) is 8.54. The van der Waals surface area contributed by atoms with Crippen LogP contribution in [0.1, 0.15) is 38.8 Å². The van der Waals surface area contributed by atoms with Crippen molar-refractivity contribution in [3.05, 3.63) is 34.9 Å². The molecule has 2 amide bonds. The van der Waals surface area contributed by atoms with Gasteiger partial charge in [-0.25, -0.2) is 0 Å². The van der Waals surface area contributed by atoms with Crippen LogP contribution in [0.5, 0.6) is 0 Å². The summed E-state index contributed by atoms with van der Waals surface area (Å²) in [6.07, 6.45) is 0.0916. The number of rotatable bonds is 7. The van der Waals surface area contributed by atoms with Crippen LogP contribution in [0.25, 0.3) is 0 Å². The van der Waals surface area contributed by atoms with Gasteiger partial charge >= 0.3 is 0 Å². The van der Waals surface area contributed by atoms with Crippen LogP contribution in [0.4, 0.5) is 0 Å². The van der Waals surface area contributed by atoms with Crippen LogP contribution < -0.4 is 10.6 Å². The van der Waals surface area contributed by atoms with Gasteiger partial charge in [0.15, 0.2) is 0 Å². The Hall–Kier alpha value is -1.88. The molecule has 0 aliphatic carbocycles. The van der Waals surface area contributed by atoms with Gasteiger partial charge in [-0.15, -0.1) is 0 Å². The Kier molecular flexibility index (Phi) is 7.05. The van der Waals surface area contributed by atoms with E-state index in [0.29, 0.717) is 5.02 Å². The second-order valence-corrected chi connectivity index (χ2v) is 5.76. The Morgan fingerprint density at radius 2 is 1.91 bits per heavy atom. The molecule has 0 saturated carbocycles. The predicted octanol–water partition coefficient (Wildman–Crippen LogP) is 2.25. The van der Waals surface area contributed by atoms with E-state index in [1.54, 1.807) is 12.1 Å². The van der Waals surface area contributed by atoms with E-state index in [1.165, 1.54) is 13.8 Å². The highest BCUT2D eigenvalue weighted by Gasteiger charge is 2.22. The van der Waals surface area contributed by atoms with E-state index in [1.807, 2.05) is 19.1 Å². The smallest absolute Gasteiger partial charge is 0.225 e. The second-order valence-electron chi connectivity index (χ2n) is 5.33. The maximum Gasteiger partial charge on any atom is 0.225 e. The van der Waals surface area contributed by atoms with E-state index in [0.717, 1.165) is 5.56 Å². The number of hydrogen-bond donors (Lipinski definition) is 2. The van der Waals surface area contributed by atoms with E-state index in [2.05, 4.69) is 10.6 Å². The van der Waals surface area contributed by atoms with Crippen molar-refractivity contribution < 1.29 is 14.4 Å². The molecule has 0 aromatic heterocycles. The molecule has 6 heteroatoms. The fourth-order valence-corrected chi connectivity index (χ4v) is 2.26. The summed E-state index contributed by atoms with van der Waals surface area (Å²) >= 11 is 5.94. The van der Waals surface area contributed by atoms with Crippen molar-refractivity contribution in [3.63, 3.8) is 0 Å². The van der Waals surface area contributed by atoms with E-state index in [-0.39, 0.29) is 36.6 Å². The number of carbonyl (C=O) groups excluding carboxylic acids is 3. The summed E-state index contributed by atoms with van der Waals surface area (Å²) < 4.78 is 0. The van der Waals surface area contributed by atoms with Gasteiger partial charge in [0.2, 0.25) is 11.8 Å². The molecule has 1 aromatic carbocycles. The summed E-state index contributed by atoms with van der Waals surface area (Å²) in [5, 5.41) is 6.03. The van der Waals surface area contributed by atoms with Crippen LogP contribution in [-0.2, 0) is 14.4 Å². The van der Waals surface area contributed by atoms with Gasteiger partial charge in [-0.05, 0) is 31.5 Å². The van der Waals surface area contributed by atoms with Crippen LogP contribution in [0.15, 0.2) is 24.3 Å². The summed E-state index contributed by atoms with van der Waals surface area (Å²) in [6, 6.07) is 6.97. The number of halogens is 1. The first-order chi connectivity index (χ1) is 10.3. The first kappa shape index (κ1) is 18.2.